The third-order valence-corrected chi connectivity index (χ3v) is 6.18. The van der Waals surface area contributed by atoms with E-state index in [1.54, 1.807) is 12.4 Å². The summed E-state index contributed by atoms with van der Waals surface area (Å²) < 4.78 is 0. The highest BCUT2D eigenvalue weighted by Gasteiger charge is 2.18. The number of nitrogens with zero attached hydrogens (tertiary/aromatic N) is 3. The predicted octanol–water partition coefficient (Wildman–Crippen LogP) is 5.08. The number of carbonyl (C=O) groups excluding carboxylic acids is 1. The molecule has 0 bridgehead atoms. The molecule has 2 aromatic rings. The number of rotatable bonds is 4. The SMILES string of the molecule is CC1CCN(c2ccc(Nc3cncc(C(=O)N4CCCCCC4)c3)cc2)CC1. The molecule has 2 fully saturated rings. The van der Waals surface area contributed by atoms with Crippen molar-refractivity contribution in [2.45, 2.75) is 45.4 Å². The average Bonchev–Trinajstić information content (AvgIpc) is 3.04. The summed E-state index contributed by atoms with van der Waals surface area (Å²) in [4.78, 5) is 21.6. The van der Waals surface area contributed by atoms with E-state index in [2.05, 4.69) is 46.4 Å². The van der Waals surface area contributed by atoms with Gasteiger partial charge < -0.3 is 15.1 Å². The third-order valence-electron chi connectivity index (χ3n) is 6.18. The van der Waals surface area contributed by atoms with Crippen molar-refractivity contribution in [1.82, 2.24) is 9.88 Å². The molecule has 1 N–H and O–H groups in total. The third kappa shape index (κ3) is 5.08. The van der Waals surface area contributed by atoms with Gasteiger partial charge in [-0.3, -0.25) is 9.78 Å². The van der Waals surface area contributed by atoms with Crippen LogP contribution in [0.3, 0.4) is 0 Å². The maximum Gasteiger partial charge on any atom is 0.255 e. The topological polar surface area (TPSA) is 48.5 Å². The van der Waals surface area contributed by atoms with Gasteiger partial charge in [-0.05, 0) is 61.9 Å². The van der Waals surface area contributed by atoms with E-state index in [-0.39, 0.29) is 5.91 Å². The summed E-state index contributed by atoms with van der Waals surface area (Å²) in [6.45, 7) is 6.32. The first kappa shape index (κ1) is 19.7. The molecule has 0 aliphatic carbocycles. The quantitative estimate of drug-likeness (QED) is 0.788. The molecule has 1 aromatic heterocycles. The average molecular weight is 393 g/mol. The van der Waals surface area contributed by atoms with Gasteiger partial charge in [-0.25, -0.2) is 0 Å². The highest BCUT2D eigenvalue weighted by molar-refractivity contribution is 5.95. The number of hydrogen-bond acceptors (Lipinski definition) is 4. The number of pyridine rings is 1. The highest BCUT2D eigenvalue weighted by Crippen LogP contribution is 2.25. The van der Waals surface area contributed by atoms with Crippen molar-refractivity contribution in [3.8, 4) is 0 Å². The Morgan fingerprint density at radius 1 is 0.931 bits per heavy atom. The summed E-state index contributed by atoms with van der Waals surface area (Å²) in [6.07, 6.45) is 10.6. The first-order chi connectivity index (χ1) is 14.2. The zero-order valence-corrected chi connectivity index (χ0v) is 17.4. The molecule has 0 atom stereocenters. The normalized spacial score (nSPS) is 18.4. The molecule has 0 saturated carbocycles. The maximum atomic E-state index is 12.9. The van der Waals surface area contributed by atoms with E-state index in [1.807, 2.05) is 11.0 Å². The van der Waals surface area contributed by atoms with E-state index in [9.17, 15) is 4.79 Å². The molecule has 2 aliphatic rings. The van der Waals surface area contributed by atoms with E-state index in [4.69, 9.17) is 0 Å². The van der Waals surface area contributed by atoms with Crippen molar-refractivity contribution in [3.63, 3.8) is 0 Å². The van der Waals surface area contributed by atoms with Crippen LogP contribution < -0.4 is 10.2 Å². The van der Waals surface area contributed by atoms with Gasteiger partial charge in [0.15, 0.2) is 0 Å². The van der Waals surface area contributed by atoms with Crippen LogP contribution in [0.5, 0.6) is 0 Å². The fourth-order valence-electron chi connectivity index (χ4n) is 4.27. The van der Waals surface area contributed by atoms with E-state index in [0.717, 1.165) is 56.3 Å². The zero-order chi connectivity index (χ0) is 20.1. The van der Waals surface area contributed by atoms with E-state index >= 15 is 0 Å². The minimum absolute atomic E-state index is 0.0951. The van der Waals surface area contributed by atoms with Crippen LogP contribution in [0.1, 0.15) is 55.8 Å². The van der Waals surface area contributed by atoms with Gasteiger partial charge in [0.25, 0.3) is 5.91 Å². The Morgan fingerprint density at radius 2 is 1.62 bits per heavy atom. The maximum absolute atomic E-state index is 12.9. The first-order valence-electron chi connectivity index (χ1n) is 11.1. The summed E-state index contributed by atoms with van der Waals surface area (Å²) in [5, 5.41) is 3.40. The van der Waals surface area contributed by atoms with Crippen LogP contribution in [0.25, 0.3) is 0 Å². The largest absolute Gasteiger partial charge is 0.372 e. The van der Waals surface area contributed by atoms with Crippen LogP contribution >= 0.6 is 0 Å². The molecule has 5 nitrogen and oxygen atoms in total. The number of benzene rings is 1. The molecule has 0 spiro atoms. The van der Waals surface area contributed by atoms with Gasteiger partial charge in [0.2, 0.25) is 0 Å². The molecule has 2 saturated heterocycles. The molecule has 1 amide bonds. The highest BCUT2D eigenvalue weighted by atomic mass is 16.2. The van der Waals surface area contributed by atoms with Crippen LogP contribution in [0.15, 0.2) is 42.7 Å². The Kier molecular flexibility index (Phi) is 6.33. The van der Waals surface area contributed by atoms with Gasteiger partial charge in [0.05, 0.1) is 17.4 Å². The number of aromatic nitrogens is 1. The Hall–Kier alpha value is -2.56. The van der Waals surface area contributed by atoms with Gasteiger partial charge in [0.1, 0.15) is 0 Å². The molecular formula is C24H32N4O. The van der Waals surface area contributed by atoms with Gasteiger partial charge in [-0.15, -0.1) is 0 Å². The molecule has 2 aliphatic heterocycles. The lowest BCUT2D eigenvalue weighted by Gasteiger charge is -2.32. The standard InChI is InChI=1S/C24H32N4O/c1-19-10-14-27(15-11-19)23-8-6-21(7-9-23)26-22-16-20(17-25-18-22)24(29)28-12-4-2-3-5-13-28/h6-9,16-19,26H,2-5,10-15H2,1H3. The van der Waals surface area contributed by atoms with Crippen molar-refractivity contribution in [3.05, 3.63) is 48.3 Å². The minimum Gasteiger partial charge on any atom is -0.372 e. The van der Waals surface area contributed by atoms with E-state index < -0.39 is 0 Å². The van der Waals surface area contributed by atoms with Crippen molar-refractivity contribution < 1.29 is 4.79 Å². The van der Waals surface area contributed by atoms with Crippen molar-refractivity contribution in [2.24, 2.45) is 5.92 Å². The number of carbonyl (C=O) groups is 1. The summed E-state index contributed by atoms with van der Waals surface area (Å²) in [7, 11) is 0. The molecule has 3 heterocycles. The molecule has 0 radical (unpaired) electrons. The lowest BCUT2D eigenvalue weighted by atomic mass is 9.99. The molecule has 4 rings (SSSR count). The first-order valence-corrected chi connectivity index (χ1v) is 11.1. The summed E-state index contributed by atoms with van der Waals surface area (Å²) in [5.41, 5.74) is 3.81. The van der Waals surface area contributed by atoms with Gasteiger partial charge in [0, 0.05) is 43.8 Å². The summed E-state index contributed by atoms with van der Waals surface area (Å²) >= 11 is 0. The van der Waals surface area contributed by atoms with Crippen LogP contribution in [0, 0.1) is 5.92 Å². The second-order valence-electron chi connectivity index (χ2n) is 8.51. The Labute approximate surface area is 174 Å². The van der Waals surface area contributed by atoms with E-state index in [0.29, 0.717) is 5.56 Å². The number of piperidine rings is 1. The smallest absolute Gasteiger partial charge is 0.255 e. The molecule has 5 heteroatoms. The summed E-state index contributed by atoms with van der Waals surface area (Å²) in [6, 6.07) is 10.5. The molecule has 0 unspecified atom stereocenters. The predicted molar refractivity (Wildman–Crippen MR) is 119 cm³/mol. The molecular weight excluding hydrogens is 360 g/mol. The van der Waals surface area contributed by atoms with Crippen LogP contribution in [-0.2, 0) is 0 Å². The van der Waals surface area contributed by atoms with E-state index in [1.165, 1.54) is 31.4 Å². The monoisotopic (exact) mass is 392 g/mol. The van der Waals surface area contributed by atoms with Crippen molar-refractivity contribution in [2.75, 3.05) is 36.4 Å². The van der Waals surface area contributed by atoms with Crippen molar-refractivity contribution in [1.29, 1.82) is 0 Å². The number of nitrogens with one attached hydrogen (secondary N) is 1. The fraction of sp³-hybridized carbons (Fsp3) is 0.500. The molecule has 154 valence electrons. The van der Waals surface area contributed by atoms with Gasteiger partial charge in [-0.1, -0.05) is 19.8 Å². The van der Waals surface area contributed by atoms with Crippen molar-refractivity contribution >= 4 is 23.0 Å². The van der Waals surface area contributed by atoms with Crippen LogP contribution in [-0.4, -0.2) is 42.0 Å². The second-order valence-corrected chi connectivity index (χ2v) is 8.51. The minimum atomic E-state index is 0.0951. The Balaban J connectivity index is 1.40. The summed E-state index contributed by atoms with van der Waals surface area (Å²) in [5.74, 6) is 0.932. The number of anilines is 3. The van der Waals surface area contributed by atoms with Gasteiger partial charge >= 0.3 is 0 Å². The second kappa shape index (κ2) is 9.29. The Bertz CT molecular complexity index is 804. The number of likely N-dealkylation sites (tertiary alicyclic amines) is 1. The lowest BCUT2D eigenvalue weighted by molar-refractivity contribution is 0.0761. The fourth-order valence-corrected chi connectivity index (χ4v) is 4.27. The molecule has 29 heavy (non-hydrogen) atoms. The van der Waals surface area contributed by atoms with Gasteiger partial charge in [-0.2, -0.15) is 0 Å². The Morgan fingerprint density at radius 3 is 2.31 bits per heavy atom. The number of amides is 1. The van der Waals surface area contributed by atoms with Crippen LogP contribution in [0.4, 0.5) is 17.1 Å². The zero-order valence-electron chi connectivity index (χ0n) is 17.4. The molecule has 1 aromatic carbocycles. The van der Waals surface area contributed by atoms with Crippen LogP contribution in [0.2, 0.25) is 0 Å². The lowest BCUT2D eigenvalue weighted by Crippen LogP contribution is -2.32. The number of hydrogen-bond donors (Lipinski definition) is 1.